The number of likely N-dealkylation sites (tertiary alicyclic amines) is 1. The van der Waals surface area contributed by atoms with E-state index in [9.17, 15) is 14.4 Å². The van der Waals surface area contributed by atoms with Crippen LogP contribution in [0.15, 0.2) is 34.7 Å². The number of nitrogens with zero attached hydrogens (tertiary/aromatic N) is 1. The molecule has 1 unspecified atom stereocenters. The summed E-state index contributed by atoms with van der Waals surface area (Å²) in [6.07, 6.45) is 2.95. The van der Waals surface area contributed by atoms with Gasteiger partial charge in [-0.05, 0) is 55.2 Å². The number of benzene rings is 1. The lowest BCUT2D eigenvalue weighted by molar-refractivity contribution is -0.121. The third-order valence-electron chi connectivity index (χ3n) is 5.05. The van der Waals surface area contributed by atoms with Crippen LogP contribution >= 0.6 is 0 Å². The van der Waals surface area contributed by atoms with Crippen molar-refractivity contribution < 1.29 is 28.6 Å². The molecule has 0 saturated carbocycles. The van der Waals surface area contributed by atoms with Gasteiger partial charge in [-0.25, -0.2) is 4.79 Å². The molecule has 0 radical (unpaired) electrons. The maximum atomic E-state index is 12.9. The number of furan rings is 1. The lowest BCUT2D eigenvalue weighted by Crippen LogP contribution is -2.49. The number of amides is 2. The minimum atomic E-state index is -1.24. The summed E-state index contributed by atoms with van der Waals surface area (Å²) in [7, 11) is 0. The highest BCUT2D eigenvalue weighted by Gasteiger charge is 2.34. The van der Waals surface area contributed by atoms with E-state index >= 15 is 0 Å². The molecule has 8 heteroatoms. The van der Waals surface area contributed by atoms with Crippen molar-refractivity contribution in [1.29, 1.82) is 0 Å². The van der Waals surface area contributed by atoms with Crippen molar-refractivity contribution >= 4 is 23.5 Å². The summed E-state index contributed by atoms with van der Waals surface area (Å²) in [5.74, 6) is -1.53. The molecule has 3 heterocycles. The average molecular weight is 384 g/mol. The number of carboxylic acids is 1. The standard InChI is InChI=1S/C20H20N2O6/c23-18(21-13-4-5-15-12(11-13)8-10-27-15)14-3-1-2-9-22(14)19(24)16-6-7-17(28-16)20(25)26/h4-7,11,14H,1-3,8-10H2,(H,21,23)(H,25,26). The summed E-state index contributed by atoms with van der Waals surface area (Å²) in [6, 6.07) is 7.43. The Morgan fingerprint density at radius 2 is 1.93 bits per heavy atom. The highest BCUT2D eigenvalue weighted by atomic mass is 16.5. The maximum absolute atomic E-state index is 12.9. The number of aromatic carboxylic acids is 1. The van der Waals surface area contributed by atoms with E-state index in [-0.39, 0.29) is 17.4 Å². The van der Waals surface area contributed by atoms with E-state index in [0.29, 0.717) is 25.3 Å². The normalized spacial score (nSPS) is 18.3. The maximum Gasteiger partial charge on any atom is 0.371 e. The van der Waals surface area contributed by atoms with Crippen LogP contribution in [0.1, 0.15) is 45.9 Å². The Labute approximate surface area is 161 Å². The van der Waals surface area contributed by atoms with Crippen LogP contribution in [0.5, 0.6) is 5.75 Å². The SMILES string of the molecule is O=C(O)c1ccc(C(=O)N2CCCCC2C(=O)Nc2ccc3c(c2)CCO3)o1. The fourth-order valence-corrected chi connectivity index (χ4v) is 3.65. The van der Waals surface area contributed by atoms with Gasteiger partial charge in [0.05, 0.1) is 6.61 Å². The summed E-state index contributed by atoms with van der Waals surface area (Å²) >= 11 is 0. The number of hydrogen-bond acceptors (Lipinski definition) is 5. The van der Waals surface area contributed by atoms with E-state index in [4.69, 9.17) is 14.3 Å². The van der Waals surface area contributed by atoms with Crippen LogP contribution in [0.4, 0.5) is 5.69 Å². The zero-order valence-electron chi connectivity index (χ0n) is 15.1. The van der Waals surface area contributed by atoms with Gasteiger partial charge in [-0.2, -0.15) is 0 Å². The van der Waals surface area contributed by atoms with Crippen molar-refractivity contribution in [2.75, 3.05) is 18.5 Å². The Balaban J connectivity index is 1.50. The number of carboxylic acid groups (broad SMARTS) is 1. The third-order valence-corrected chi connectivity index (χ3v) is 5.05. The number of ether oxygens (including phenoxy) is 1. The topological polar surface area (TPSA) is 109 Å². The molecular weight excluding hydrogens is 364 g/mol. The van der Waals surface area contributed by atoms with Gasteiger partial charge >= 0.3 is 5.97 Å². The van der Waals surface area contributed by atoms with E-state index in [0.717, 1.165) is 30.6 Å². The molecule has 1 atom stereocenters. The fourth-order valence-electron chi connectivity index (χ4n) is 3.65. The van der Waals surface area contributed by atoms with Gasteiger partial charge in [0.1, 0.15) is 11.8 Å². The van der Waals surface area contributed by atoms with Gasteiger partial charge in [0, 0.05) is 18.7 Å². The second kappa shape index (κ2) is 7.38. The first-order valence-corrected chi connectivity index (χ1v) is 9.23. The number of anilines is 1. The van der Waals surface area contributed by atoms with E-state index in [1.165, 1.54) is 17.0 Å². The van der Waals surface area contributed by atoms with Gasteiger partial charge in [0.15, 0.2) is 5.76 Å². The van der Waals surface area contributed by atoms with Gasteiger partial charge in [-0.15, -0.1) is 0 Å². The van der Waals surface area contributed by atoms with Crippen LogP contribution in [0, 0.1) is 0 Å². The third kappa shape index (κ3) is 3.45. The van der Waals surface area contributed by atoms with Gasteiger partial charge in [-0.1, -0.05) is 0 Å². The largest absolute Gasteiger partial charge is 0.493 e. The highest BCUT2D eigenvalue weighted by molar-refractivity contribution is 6.00. The Bertz CT molecular complexity index is 935. The van der Waals surface area contributed by atoms with Crippen LogP contribution in [0.2, 0.25) is 0 Å². The van der Waals surface area contributed by atoms with Crippen LogP contribution in [0.3, 0.4) is 0 Å². The van der Waals surface area contributed by atoms with E-state index in [1.54, 1.807) is 6.07 Å². The molecule has 1 fully saturated rings. The Kier molecular flexibility index (Phi) is 4.77. The van der Waals surface area contributed by atoms with Crippen molar-refractivity contribution in [3.05, 3.63) is 47.4 Å². The first kappa shape index (κ1) is 18.1. The van der Waals surface area contributed by atoms with Gasteiger partial charge in [0.2, 0.25) is 11.7 Å². The average Bonchev–Trinajstić information content (AvgIpc) is 3.36. The molecule has 2 aliphatic rings. The van der Waals surface area contributed by atoms with E-state index in [1.807, 2.05) is 12.1 Å². The molecule has 4 rings (SSSR count). The summed E-state index contributed by atoms with van der Waals surface area (Å²) in [4.78, 5) is 38.1. The number of rotatable bonds is 4. The first-order valence-electron chi connectivity index (χ1n) is 9.23. The van der Waals surface area contributed by atoms with Crippen LogP contribution in [-0.4, -0.2) is 47.0 Å². The molecule has 2 amide bonds. The number of hydrogen-bond donors (Lipinski definition) is 2. The van der Waals surface area contributed by atoms with Crippen LogP contribution < -0.4 is 10.1 Å². The molecule has 0 bridgehead atoms. The second-order valence-electron chi connectivity index (χ2n) is 6.89. The predicted molar refractivity (Wildman–Crippen MR) is 98.6 cm³/mol. The van der Waals surface area contributed by atoms with Crippen LogP contribution in [-0.2, 0) is 11.2 Å². The second-order valence-corrected chi connectivity index (χ2v) is 6.89. The van der Waals surface area contributed by atoms with Crippen molar-refractivity contribution in [2.45, 2.75) is 31.7 Å². The molecule has 8 nitrogen and oxygen atoms in total. The molecule has 0 aliphatic carbocycles. The van der Waals surface area contributed by atoms with Crippen LogP contribution in [0.25, 0.3) is 0 Å². The van der Waals surface area contributed by atoms with Crippen molar-refractivity contribution in [3.63, 3.8) is 0 Å². The molecule has 1 aromatic heterocycles. The zero-order valence-corrected chi connectivity index (χ0v) is 15.1. The molecule has 1 aromatic carbocycles. The van der Waals surface area contributed by atoms with Gasteiger partial charge in [0.25, 0.3) is 5.91 Å². The molecular formula is C20H20N2O6. The number of fused-ring (bicyclic) bond motifs is 1. The zero-order chi connectivity index (χ0) is 19.7. The molecule has 0 spiro atoms. The molecule has 2 aromatic rings. The molecule has 146 valence electrons. The van der Waals surface area contributed by atoms with E-state index in [2.05, 4.69) is 5.32 Å². The molecule has 1 saturated heterocycles. The minimum Gasteiger partial charge on any atom is -0.493 e. The quantitative estimate of drug-likeness (QED) is 0.838. The lowest BCUT2D eigenvalue weighted by atomic mass is 10.0. The molecule has 2 N–H and O–H groups in total. The van der Waals surface area contributed by atoms with Crippen molar-refractivity contribution in [1.82, 2.24) is 4.90 Å². The number of carbonyl (C=O) groups is 3. The fraction of sp³-hybridized carbons (Fsp3) is 0.350. The summed E-state index contributed by atoms with van der Waals surface area (Å²) < 4.78 is 10.6. The molecule has 28 heavy (non-hydrogen) atoms. The number of piperidine rings is 1. The first-order chi connectivity index (χ1) is 13.5. The molecule has 2 aliphatic heterocycles. The van der Waals surface area contributed by atoms with Crippen molar-refractivity contribution in [2.24, 2.45) is 0 Å². The number of nitrogens with one attached hydrogen (secondary N) is 1. The van der Waals surface area contributed by atoms with Crippen molar-refractivity contribution in [3.8, 4) is 5.75 Å². The highest BCUT2D eigenvalue weighted by Crippen LogP contribution is 2.28. The predicted octanol–water partition coefficient (Wildman–Crippen LogP) is 2.55. The monoisotopic (exact) mass is 384 g/mol. The summed E-state index contributed by atoms with van der Waals surface area (Å²) in [5.41, 5.74) is 1.71. The number of carbonyl (C=O) groups excluding carboxylic acids is 2. The Hall–Kier alpha value is -3.29. The minimum absolute atomic E-state index is 0.0771. The van der Waals surface area contributed by atoms with E-state index < -0.39 is 17.9 Å². The van der Waals surface area contributed by atoms with Gasteiger partial charge < -0.3 is 24.5 Å². The Morgan fingerprint density at radius 1 is 1.11 bits per heavy atom. The summed E-state index contributed by atoms with van der Waals surface area (Å²) in [6.45, 7) is 1.05. The van der Waals surface area contributed by atoms with Gasteiger partial charge in [-0.3, -0.25) is 9.59 Å². The summed E-state index contributed by atoms with van der Waals surface area (Å²) in [5, 5.41) is 11.9. The Morgan fingerprint density at radius 3 is 2.71 bits per heavy atom. The lowest BCUT2D eigenvalue weighted by Gasteiger charge is -2.34. The smallest absolute Gasteiger partial charge is 0.371 e.